The summed E-state index contributed by atoms with van der Waals surface area (Å²) in [6, 6.07) is 11.7. The van der Waals surface area contributed by atoms with Crippen LogP contribution in [0.1, 0.15) is 24.5 Å². The Labute approximate surface area is 207 Å². The number of halogens is 8. The van der Waals surface area contributed by atoms with E-state index in [1.807, 2.05) is 6.92 Å². The van der Waals surface area contributed by atoms with E-state index in [0.29, 0.717) is 35.9 Å². The van der Waals surface area contributed by atoms with Gasteiger partial charge in [0, 0.05) is 5.56 Å². The molecule has 4 rings (SSSR count). The van der Waals surface area contributed by atoms with E-state index in [1.54, 1.807) is 24.3 Å². The Morgan fingerprint density at radius 1 is 0.622 bits per heavy atom. The van der Waals surface area contributed by atoms with Gasteiger partial charge < -0.3 is 4.74 Å². The molecule has 0 unspecified atom stereocenters. The Morgan fingerprint density at radius 2 is 1.22 bits per heavy atom. The van der Waals surface area contributed by atoms with Gasteiger partial charge >= 0.3 is 6.11 Å². The largest absolute Gasteiger partial charge is 0.432 e. The van der Waals surface area contributed by atoms with E-state index in [0.717, 1.165) is 30.5 Å². The lowest BCUT2D eigenvalue weighted by atomic mass is 10.00. The molecular weight excluding hydrogens is 504 g/mol. The first-order chi connectivity index (χ1) is 17.5. The van der Waals surface area contributed by atoms with Gasteiger partial charge in [0.2, 0.25) is 5.82 Å². The number of alkyl halides is 2. The van der Waals surface area contributed by atoms with Crippen molar-refractivity contribution in [1.29, 1.82) is 0 Å². The smallest absolute Gasteiger partial charge is 0.425 e. The van der Waals surface area contributed by atoms with Gasteiger partial charge in [-0.2, -0.15) is 13.2 Å². The number of benzene rings is 4. The number of aryl methyl sites for hydroxylation is 1. The molecule has 37 heavy (non-hydrogen) atoms. The highest BCUT2D eigenvalue weighted by Gasteiger charge is 2.42. The van der Waals surface area contributed by atoms with Crippen LogP contribution in [0, 0.1) is 34.9 Å². The van der Waals surface area contributed by atoms with Crippen LogP contribution in [-0.2, 0) is 12.5 Å². The van der Waals surface area contributed by atoms with Crippen LogP contribution in [0.15, 0.2) is 66.7 Å². The summed E-state index contributed by atoms with van der Waals surface area (Å²) in [6.07, 6.45) is -3.04. The average molecular weight is 522 g/mol. The quantitative estimate of drug-likeness (QED) is 0.220. The van der Waals surface area contributed by atoms with E-state index in [1.165, 1.54) is 0 Å². The van der Waals surface area contributed by atoms with Crippen molar-refractivity contribution in [1.82, 2.24) is 0 Å². The fourth-order valence-electron chi connectivity index (χ4n) is 3.86. The molecule has 0 aliphatic carbocycles. The van der Waals surface area contributed by atoms with Crippen LogP contribution in [-0.4, -0.2) is 0 Å². The van der Waals surface area contributed by atoms with Crippen molar-refractivity contribution < 1.29 is 39.9 Å². The number of hydrogen-bond donors (Lipinski definition) is 0. The lowest BCUT2D eigenvalue weighted by molar-refractivity contribution is -0.191. The molecule has 4 aromatic rings. The molecule has 0 fully saturated rings. The minimum Gasteiger partial charge on any atom is -0.425 e. The van der Waals surface area contributed by atoms with Gasteiger partial charge in [0.1, 0.15) is 17.2 Å². The highest BCUT2D eigenvalue weighted by atomic mass is 19.3. The van der Waals surface area contributed by atoms with Crippen molar-refractivity contribution in [2.45, 2.75) is 25.9 Å². The van der Waals surface area contributed by atoms with Gasteiger partial charge in [-0.3, -0.25) is 0 Å². The minimum absolute atomic E-state index is 0.00861. The normalized spacial score (nSPS) is 11.6. The molecule has 9 heteroatoms. The summed E-state index contributed by atoms with van der Waals surface area (Å²) in [5, 5.41) is 0. The standard InChI is InChI=1S/C28H18F8O/c1-2-3-15-4-6-16(7-5-15)18-13-22(31)25(23(32)14-18)28(35,36)37-24-11-9-19(26(33)27(24)34)17-8-10-20(29)21(30)12-17/h4-14H,2-3H2,1H3. The number of hydrogen-bond acceptors (Lipinski definition) is 1. The fraction of sp³-hybridized carbons (Fsp3) is 0.143. The first-order valence-corrected chi connectivity index (χ1v) is 11.1. The molecule has 192 valence electrons. The third-order valence-electron chi connectivity index (χ3n) is 5.67. The second-order valence-corrected chi connectivity index (χ2v) is 8.25. The third kappa shape index (κ3) is 5.30. The predicted molar refractivity (Wildman–Crippen MR) is 122 cm³/mol. The Morgan fingerprint density at radius 3 is 1.81 bits per heavy atom. The van der Waals surface area contributed by atoms with Crippen molar-refractivity contribution in [3.05, 3.63) is 113 Å². The van der Waals surface area contributed by atoms with Gasteiger partial charge in [-0.15, -0.1) is 0 Å². The fourth-order valence-corrected chi connectivity index (χ4v) is 3.86. The summed E-state index contributed by atoms with van der Waals surface area (Å²) in [5.74, 6) is -10.8. The van der Waals surface area contributed by atoms with Crippen LogP contribution in [0.4, 0.5) is 35.1 Å². The lowest BCUT2D eigenvalue weighted by Crippen LogP contribution is -2.26. The molecule has 1 nitrogen and oxygen atoms in total. The van der Waals surface area contributed by atoms with Gasteiger partial charge in [0.25, 0.3) is 0 Å². The molecular formula is C28H18F8O. The molecule has 0 N–H and O–H groups in total. The first kappa shape index (κ1) is 26.2. The molecule has 0 atom stereocenters. The van der Waals surface area contributed by atoms with E-state index >= 15 is 0 Å². The van der Waals surface area contributed by atoms with E-state index < -0.39 is 57.9 Å². The van der Waals surface area contributed by atoms with Crippen molar-refractivity contribution in [2.75, 3.05) is 0 Å². The summed E-state index contributed by atoms with van der Waals surface area (Å²) in [7, 11) is 0. The predicted octanol–water partition coefficient (Wildman–Crippen LogP) is 8.94. The van der Waals surface area contributed by atoms with E-state index in [9.17, 15) is 35.1 Å². The van der Waals surface area contributed by atoms with Gasteiger partial charge in [-0.1, -0.05) is 43.7 Å². The maximum absolute atomic E-state index is 14.8. The van der Waals surface area contributed by atoms with E-state index in [4.69, 9.17) is 0 Å². The topological polar surface area (TPSA) is 9.23 Å². The van der Waals surface area contributed by atoms with Crippen molar-refractivity contribution in [3.63, 3.8) is 0 Å². The maximum Gasteiger partial charge on any atom is 0.432 e. The highest BCUT2D eigenvalue weighted by Crippen LogP contribution is 2.39. The molecule has 0 aliphatic heterocycles. The van der Waals surface area contributed by atoms with Gasteiger partial charge in [-0.25, -0.2) is 22.0 Å². The van der Waals surface area contributed by atoms with Gasteiger partial charge in [-0.05, 0) is 65.1 Å². The molecule has 4 aromatic carbocycles. The van der Waals surface area contributed by atoms with E-state index in [-0.39, 0.29) is 11.1 Å². The monoisotopic (exact) mass is 522 g/mol. The Balaban J connectivity index is 1.64. The minimum atomic E-state index is -4.73. The van der Waals surface area contributed by atoms with E-state index in [2.05, 4.69) is 4.74 Å². The Bertz CT molecular complexity index is 1420. The maximum atomic E-state index is 14.8. The second-order valence-electron chi connectivity index (χ2n) is 8.25. The summed E-state index contributed by atoms with van der Waals surface area (Å²) in [6.45, 7) is 1.99. The van der Waals surface area contributed by atoms with Crippen LogP contribution in [0.25, 0.3) is 22.3 Å². The highest BCUT2D eigenvalue weighted by molar-refractivity contribution is 5.66. The van der Waals surface area contributed by atoms with Gasteiger partial charge in [0.15, 0.2) is 23.2 Å². The molecule has 0 amide bonds. The van der Waals surface area contributed by atoms with Crippen LogP contribution in [0.5, 0.6) is 5.75 Å². The van der Waals surface area contributed by atoms with Crippen molar-refractivity contribution in [3.8, 4) is 28.0 Å². The van der Waals surface area contributed by atoms with Crippen LogP contribution in [0.3, 0.4) is 0 Å². The summed E-state index contributed by atoms with van der Waals surface area (Å²) >= 11 is 0. The molecule has 0 radical (unpaired) electrons. The number of rotatable bonds is 7. The zero-order valence-electron chi connectivity index (χ0n) is 19.2. The molecule has 0 saturated carbocycles. The zero-order chi connectivity index (χ0) is 26.9. The lowest BCUT2D eigenvalue weighted by Gasteiger charge is -2.21. The summed E-state index contributed by atoms with van der Waals surface area (Å²) in [4.78, 5) is 0. The Hall–Kier alpha value is -3.88. The molecule has 0 bridgehead atoms. The average Bonchev–Trinajstić information content (AvgIpc) is 2.84. The zero-order valence-corrected chi connectivity index (χ0v) is 19.2. The first-order valence-electron chi connectivity index (χ1n) is 11.1. The molecule has 0 spiro atoms. The van der Waals surface area contributed by atoms with Crippen molar-refractivity contribution in [2.24, 2.45) is 0 Å². The summed E-state index contributed by atoms with van der Waals surface area (Å²) in [5.41, 5.74) is -1.26. The molecule has 0 saturated heterocycles. The van der Waals surface area contributed by atoms with Crippen LogP contribution in [0.2, 0.25) is 0 Å². The summed E-state index contributed by atoms with van der Waals surface area (Å²) < 4.78 is 119. The SMILES string of the molecule is CCCc1ccc(-c2cc(F)c(C(F)(F)Oc3ccc(-c4ccc(F)c(F)c4)c(F)c3F)c(F)c2)cc1. The molecule has 0 aliphatic rings. The number of ether oxygens (including phenoxy) is 1. The van der Waals surface area contributed by atoms with Gasteiger partial charge in [0.05, 0.1) is 0 Å². The molecule has 0 heterocycles. The Kier molecular flexibility index (Phi) is 7.25. The van der Waals surface area contributed by atoms with Crippen LogP contribution < -0.4 is 4.74 Å². The van der Waals surface area contributed by atoms with Crippen LogP contribution >= 0.6 is 0 Å². The third-order valence-corrected chi connectivity index (χ3v) is 5.67. The second kappa shape index (κ2) is 10.2. The van der Waals surface area contributed by atoms with Crippen molar-refractivity contribution >= 4 is 0 Å². The molecule has 0 aromatic heterocycles.